The molecule has 0 saturated carbocycles. The molecule has 1 N–H and O–H groups in total. The zero-order chi connectivity index (χ0) is 16.1. The van der Waals surface area contributed by atoms with Crippen LogP contribution in [0.15, 0.2) is 55.9 Å². The third-order valence-corrected chi connectivity index (χ3v) is 4.29. The monoisotopic (exact) mass is 487 g/mol. The van der Waals surface area contributed by atoms with E-state index >= 15 is 0 Å². The van der Waals surface area contributed by atoms with Crippen molar-refractivity contribution in [2.24, 2.45) is 0 Å². The van der Waals surface area contributed by atoms with Crippen LogP contribution in [0.25, 0.3) is 6.08 Å². The summed E-state index contributed by atoms with van der Waals surface area (Å²) < 4.78 is 7.96. The molecule has 6 heteroatoms. The van der Waals surface area contributed by atoms with E-state index in [1.807, 2.05) is 36.4 Å². The number of rotatable bonds is 4. The van der Waals surface area contributed by atoms with Crippen LogP contribution in [0, 0.1) is 0 Å². The molecule has 0 aliphatic carbocycles. The van der Waals surface area contributed by atoms with E-state index in [0.29, 0.717) is 5.75 Å². The second-order valence-electron chi connectivity index (χ2n) is 4.34. The van der Waals surface area contributed by atoms with Crippen molar-refractivity contribution in [3.05, 3.63) is 61.5 Å². The second kappa shape index (κ2) is 7.94. The first-order valence-corrected chi connectivity index (χ1v) is 8.65. The van der Waals surface area contributed by atoms with Crippen LogP contribution in [0.1, 0.15) is 5.56 Å². The Hall–Kier alpha value is -1.11. The Labute approximate surface area is 154 Å². The molecule has 2 aromatic carbocycles. The summed E-state index contributed by atoms with van der Waals surface area (Å²) in [5.41, 5.74) is 1.53. The molecule has 22 heavy (non-hydrogen) atoms. The average molecular weight is 490 g/mol. The number of carbonyl (C=O) groups is 1. The Morgan fingerprint density at radius 2 is 1.91 bits per heavy atom. The van der Waals surface area contributed by atoms with Crippen LogP contribution in [0.4, 0.5) is 5.69 Å². The maximum atomic E-state index is 12.0. The molecular weight excluding hydrogens is 478 g/mol. The van der Waals surface area contributed by atoms with Gasteiger partial charge in [-0.2, -0.15) is 0 Å². The van der Waals surface area contributed by atoms with Gasteiger partial charge in [0, 0.05) is 26.3 Å². The van der Waals surface area contributed by atoms with Gasteiger partial charge in [0.25, 0.3) is 0 Å². The molecule has 0 saturated heterocycles. The summed E-state index contributed by atoms with van der Waals surface area (Å²) in [7, 11) is 1.59. The third-order valence-electron chi connectivity index (χ3n) is 2.75. The first-order valence-electron chi connectivity index (χ1n) is 6.27. The number of halogens is 3. The van der Waals surface area contributed by atoms with E-state index in [1.165, 1.54) is 6.08 Å². The topological polar surface area (TPSA) is 38.3 Å². The first kappa shape index (κ1) is 17.2. The number of benzene rings is 2. The summed E-state index contributed by atoms with van der Waals surface area (Å²) in [6.07, 6.45) is 3.18. The molecule has 0 spiro atoms. The van der Waals surface area contributed by atoms with Crippen molar-refractivity contribution in [1.82, 2.24) is 0 Å². The zero-order valence-electron chi connectivity index (χ0n) is 11.6. The van der Waals surface area contributed by atoms with Crippen molar-refractivity contribution in [3.63, 3.8) is 0 Å². The van der Waals surface area contributed by atoms with Crippen LogP contribution < -0.4 is 10.1 Å². The molecule has 0 unspecified atom stereocenters. The Morgan fingerprint density at radius 1 is 1.14 bits per heavy atom. The predicted molar refractivity (Wildman–Crippen MR) is 100 cm³/mol. The Balaban J connectivity index is 2.16. The maximum absolute atomic E-state index is 12.0. The number of hydrogen-bond acceptors (Lipinski definition) is 2. The second-order valence-corrected chi connectivity index (χ2v) is 7.03. The normalized spacial score (nSPS) is 10.7. The Bertz CT molecular complexity index is 729. The number of hydrogen-bond donors (Lipinski definition) is 1. The van der Waals surface area contributed by atoms with E-state index in [4.69, 9.17) is 4.74 Å². The van der Waals surface area contributed by atoms with Crippen molar-refractivity contribution >= 4 is 65.5 Å². The van der Waals surface area contributed by atoms with Crippen molar-refractivity contribution < 1.29 is 9.53 Å². The van der Waals surface area contributed by atoms with Crippen molar-refractivity contribution in [2.75, 3.05) is 12.4 Å². The van der Waals surface area contributed by atoms with Gasteiger partial charge in [0.1, 0.15) is 5.75 Å². The number of methoxy groups -OCH3 is 1. The molecule has 3 nitrogen and oxygen atoms in total. The van der Waals surface area contributed by atoms with Gasteiger partial charge in [-0.1, -0.05) is 37.9 Å². The molecule has 2 rings (SSSR count). The highest BCUT2D eigenvalue weighted by molar-refractivity contribution is 9.11. The number of nitrogens with one attached hydrogen (secondary N) is 1. The van der Waals surface area contributed by atoms with Crippen LogP contribution >= 0.6 is 47.8 Å². The lowest BCUT2D eigenvalue weighted by Gasteiger charge is -2.08. The van der Waals surface area contributed by atoms with E-state index in [9.17, 15) is 4.79 Å². The largest absolute Gasteiger partial charge is 0.495 e. The molecular formula is C16H12Br3NO2. The van der Waals surface area contributed by atoms with E-state index in [-0.39, 0.29) is 5.91 Å². The zero-order valence-corrected chi connectivity index (χ0v) is 16.3. The van der Waals surface area contributed by atoms with Gasteiger partial charge in [-0.15, -0.1) is 0 Å². The SMILES string of the molecule is COc1c(Br)cc(Br)cc1/C=C/C(=O)Nc1cccc(Br)c1. The third kappa shape index (κ3) is 4.69. The highest BCUT2D eigenvalue weighted by Crippen LogP contribution is 2.33. The van der Waals surface area contributed by atoms with Crippen LogP contribution in [0.2, 0.25) is 0 Å². The lowest BCUT2D eigenvalue weighted by molar-refractivity contribution is -0.111. The Morgan fingerprint density at radius 3 is 2.59 bits per heavy atom. The summed E-state index contributed by atoms with van der Waals surface area (Å²) in [5.74, 6) is 0.464. The first-order chi connectivity index (χ1) is 10.5. The molecule has 0 atom stereocenters. The van der Waals surface area contributed by atoms with Gasteiger partial charge >= 0.3 is 0 Å². The number of anilines is 1. The fourth-order valence-corrected chi connectivity index (χ4v) is 3.65. The highest BCUT2D eigenvalue weighted by Gasteiger charge is 2.07. The molecule has 0 heterocycles. The number of ether oxygens (including phenoxy) is 1. The van der Waals surface area contributed by atoms with Crippen LogP contribution in [-0.4, -0.2) is 13.0 Å². The summed E-state index contributed by atoms with van der Waals surface area (Å²) in [6, 6.07) is 11.2. The fourth-order valence-electron chi connectivity index (χ4n) is 1.84. The molecule has 0 radical (unpaired) electrons. The van der Waals surface area contributed by atoms with Crippen molar-refractivity contribution in [2.45, 2.75) is 0 Å². The van der Waals surface area contributed by atoms with Gasteiger partial charge in [0.2, 0.25) is 5.91 Å². The number of amides is 1. The van der Waals surface area contributed by atoms with Gasteiger partial charge in [-0.25, -0.2) is 0 Å². The fraction of sp³-hybridized carbons (Fsp3) is 0.0625. The summed E-state index contributed by atoms with van der Waals surface area (Å²) in [4.78, 5) is 12.0. The molecule has 0 aromatic heterocycles. The molecule has 0 fully saturated rings. The lowest BCUT2D eigenvalue weighted by Crippen LogP contribution is -2.07. The van der Waals surface area contributed by atoms with Crippen LogP contribution in [0.3, 0.4) is 0 Å². The standard InChI is InChI=1S/C16H12Br3NO2/c1-22-16-10(7-12(18)9-14(16)19)5-6-15(21)20-13-4-2-3-11(17)8-13/h2-9H,1H3,(H,20,21)/b6-5+. The summed E-state index contributed by atoms with van der Waals surface area (Å²) in [6.45, 7) is 0. The molecule has 1 amide bonds. The van der Waals surface area contributed by atoms with Gasteiger partial charge in [0.05, 0.1) is 11.6 Å². The average Bonchev–Trinajstić information content (AvgIpc) is 2.44. The van der Waals surface area contributed by atoms with Gasteiger partial charge in [0.15, 0.2) is 0 Å². The van der Waals surface area contributed by atoms with Crippen molar-refractivity contribution in [3.8, 4) is 5.75 Å². The van der Waals surface area contributed by atoms with E-state index in [1.54, 1.807) is 13.2 Å². The van der Waals surface area contributed by atoms with E-state index in [2.05, 4.69) is 53.1 Å². The van der Waals surface area contributed by atoms with E-state index in [0.717, 1.165) is 24.7 Å². The Kier molecular flexibility index (Phi) is 6.23. The van der Waals surface area contributed by atoms with Crippen LogP contribution in [0.5, 0.6) is 5.75 Å². The highest BCUT2D eigenvalue weighted by atomic mass is 79.9. The van der Waals surface area contributed by atoms with Gasteiger partial charge in [-0.3, -0.25) is 4.79 Å². The van der Waals surface area contributed by atoms with Gasteiger partial charge < -0.3 is 10.1 Å². The minimum absolute atomic E-state index is 0.212. The molecule has 0 aliphatic rings. The summed E-state index contributed by atoms with van der Waals surface area (Å²) >= 11 is 10.2. The summed E-state index contributed by atoms with van der Waals surface area (Å²) in [5, 5.41) is 2.80. The molecule has 0 bridgehead atoms. The minimum Gasteiger partial charge on any atom is -0.495 e. The van der Waals surface area contributed by atoms with E-state index < -0.39 is 0 Å². The number of carbonyl (C=O) groups excluding carboxylic acids is 1. The smallest absolute Gasteiger partial charge is 0.248 e. The molecule has 0 aliphatic heterocycles. The van der Waals surface area contributed by atoms with Crippen LogP contribution in [-0.2, 0) is 4.79 Å². The predicted octanol–water partition coefficient (Wildman–Crippen LogP) is 5.63. The quantitative estimate of drug-likeness (QED) is 0.565. The lowest BCUT2D eigenvalue weighted by atomic mass is 10.2. The molecule has 2 aromatic rings. The van der Waals surface area contributed by atoms with Crippen molar-refractivity contribution in [1.29, 1.82) is 0 Å². The van der Waals surface area contributed by atoms with Gasteiger partial charge in [-0.05, 0) is 52.3 Å². The molecule has 114 valence electrons. The maximum Gasteiger partial charge on any atom is 0.248 e. The minimum atomic E-state index is -0.212.